The van der Waals surface area contributed by atoms with Gasteiger partial charge in [-0.05, 0) is 56.0 Å². The number of nitrogens with one attached hydrogen (secondary N) is 1. The smallest absolute Gasteiger partial charge is 0.317 e. The van der Waals surface area contributed by atoms with Gasteiger partial charge >= 0.3 is 6.03 Å². The molecule has 1 unspecified atom stereocenters. The summed E-state index contributed by atoms with van der Waals surface area (Å²) in [7, 11) is 3.49. The standard InChI is InChI=1S/C27H33FN4O3/c1-18(2)32-24(33)22-8-6-5-7-21(22)23(25(34)30(3)4)27(32)13-15-31(16-14-27)26(35)29-17-19-9-11-20(28)12-10-19/h5-12,18,23H,13-17H2,1-4H3,(H,29,35). The van der Waals surface area contributed by atoms with Crippen LogP contribution in [0.15, 0.2) is 48.5 Å². The molecule has 1 saturated heterocycles. The molecule has 0 aromatic heterocycles. The van der Waals surface area contributed by atoms with Crippen molar-refractivity contribution in [2.75, 3.05) is 27.2 Å². The van der Waals surface area contributed by atoms with E-state index in [1.54, 1.807) is 42.1 Å². The topological polar surface area (TPSA) is 73.0 Å². The summed E-state index contributed by atoms with van der Waals surface area (Å²) < 4.78 is 13.1. The molecule has 8 heteroatoms. The van der Waals surface area contributed by atoms with Crippen LogP contribution in [-0.2, 0) is 11.3 Å². The van der Waals surface area contributed by atoms with E-state index >= 15 is 0 Å². The molecule has 1 fully saturated rings. The van der Waals surface area contributed by atoms with Gasteiger partial charge in [-0.1, -0.05) is 30.3 Å². The maximum atomic E-state index is 13.6. The average Bonchev–Trinajstić information content (AvgIpc) is 2.83. The summed E-state index contributed by atoms with van der Waals surface area (Å²) in [5, 5.41) is 2.90. The molecular formula is C27H33FN4O3. The molecule has 0 bridgehead atoms. The van der Waals surface area contributed by atoms with Gasteiger partial charge in [0.05, 0.1) is 11.5 Å². The Labute approximate surface area is 205 Å². The number of carbonyl (C=O) groups excluding carboxylic acids is 3. The Kier molecular flexibility index (Phi) is 6.83. The highest BCUT2D eigenvalue weighted by Gasteiger charge is 2.56. The lowest BCUT2D eigenvalue weighted by atomic mass is 9.66. The van der Waals surface area contributed by atoms with Crippen molar-refractivity contribution >= 4 is 17.8 Å². The first-order valence-electron chi connectivity index (χ1n) is 12.1. The minimum Gasteiger partial charge on any atom is -0.348 e. The molecule has 35 heavy (non-hydrogen) atoms. The SMILES string of the molecule is CC(C)N1C(=O)c2ccccc2C(C(=O)N(C)C)C12CCN(C(=O)NCc1ccc(F)cc1)CC2. The number of hydrogen-bond donors (Lipinski definition) is 1. The van der Waals surface area contributed by atoms with Gasteiger partial charge in [-0.2, -0.15) is 0 Å². The first-order valence-corrected chi connectivity index (χ1v) is 12.1. The molecular weight excluding hydrogens is 447 g/mol. The molecule has 2 aliphatic heterocycles. The summed E-state index contributed by atoms with van der Waals surface area (Å²) >= 11 is 0. The van der Waals surface area contributed by atoms with Crippen molar-refractivity contribution in [1.82, 2.24) is 20.0 Å². The number of hydrogen-bond acceptors (Lipinski definition) is 3. The second kappa shape index (κ2) is 9.68. The van der Waals surface area contributed by atoms with Gasteiger partial charge in [0, 0.05) is 45.3 Å². The van der Waals surface area contributed by atoms with E-state index in [2.05, 4.69) is 5.32 Å². The van der Waals surface area contributed by atoms with E-state index in [9.17, 15) is 18.8 Å². The first kappa shape index (κ1) is 24.7. The normalized spacial score (nSPS) is 19.0. The van der Waals surface area contributed by atoms with E-state index in [4.69, 9.17) is 0 Å². The minimum absolute atomic E-state index is 0.0372. The number of carbonyl (C=O) groups is 3. The minimum atomic E-state index is -0.714. The van der Waals surface area contributed by atoms with Crippen LogP contribution < -0.4 is 5.32 Å². The molecule has 0 radical (unpaired) electrons. The molecule has 0 saturated carbocycles. The summed E-state index contributed by atoms with van der Waals surface area (Å²) in [6.07, 6.45) is 0.999. The molecule has 2 aromatic carbocycles. The van der Waals surface area contributed by atoms with Gasteiger partial charge in [0.25, 0.3) is 5.91 Å². The number of halogens is 1. The molecule has 2 aliphatic rings. The fourth-order valence-corrected chi connectivity index (χ4v) is 5.59. The van der Waals surface area contributed by atoms with Crippen molar-refractivity contribution in [2.24, 2.45) is 0 Å². The van der Waals surface area contributed by atoms with Crippen LogP contribution in [0.4, 0.5) is 9.18 Å². The fraction of sp³-hybridized carbons (Fsp3) is 0.444. The monoisotopic (exact) mass is 480 g/mol. The van der Waals surface area contributed by atoms with Crippen LogP contribution in [0.2, 0.25) is 0 Å². The molecule has 2 heterocycles. The number of likely N-dealkylation sites (tertiary alicyclic amines) is 1. The summed E-state index contributed by atoms with van der Waals surface area (Å²) in [6.45, 7) is 5.10. The van der Waals surface area contributed by atoms with Crippen molar-refractivity contribution in [3.63, 3.8) is 0 Å². The predicted octanol–water partition coefficient (Wildman–Crippen LogP) is 3.61. The van der Waals surface area contributed by atoms with E-state index in [0.717, 1.165) is 11.1 Å². The Bertz CT molecular complexity index is 1110. The first-order chi connectivity index (χ1) is 16.7. The maximum absolute atomic E-state index is 13.6. The molecule has 7 nitrogen and oxygen atoms in total. The number of likely N-dealkylation sites (N-methyl/N-ethyl adjacent to an activating group) is 1. The Morgan fingerprint density at radius 1 is 1.09 bits per heavy atom. The number of amides is 4. The molecule has 1 atom stereocenters. The van der Waals surface area contributed by atoms with E-state index < -0.39 is 11.5 Å². The van der Waals surface area contributed by atoms with E-state index in [-0.39, 0.29) is 29.7 Å². The summed E-state index contributed by atoms with van der Waals surface area (Å²) in [5.41, 5.74) is 1.44. The van der Waals surface area contributed by atoms with Crippen LogP contribution >= 0.6 is 0 Å². The highest BCUT2D eigenvalue weighted by molar-refractivity contribution is 6.02. The van der Waals surface area contributed by atoms with Crippen LogP contribution in [0.5, 0.6) is 0 Å². The number of fused-ring (bicyclic) bond motifs is 1. The van der Waals surface area contributed by atoms with Crippen LogP contribution in [-0.4, -0.2) is 71.3 Å². The highest BCUT2D eigenvalue weighted by Crippen LogP contribution is 2.48. The summed E-state index contributed by atoms with van der Waals surface area (Å²) in [5.74, 6) is -0.919. The summed E-state index contributed by atoms with van der Waals surface area (Å²) in [4.78, 5) is 45.3. The summed E-state index contributed by atoms with van der Waals surface area (Å²) in [6, 6.07) is 13.1. The number of piperidine rings is 1. The van der Waals surface area contributed by atoms with Gasteiger partial charge in [0.2, 0.25) is 5.91 Å². The predicted molar refractivity (Wildman–Crippen MR) is 131 cm³/mol. The van der Waals surface area contributed by atoms with Crippen molar-refractivity contribution in [3.05, 3.63) is 71.0 Å². The Morgan fingerprint density at radius 3 is 2.31 bits per heavy atom. The zero-order chi connectivity index (χ0) is 25.3. The number of urea groups is 1. The second-order valence-electron chi connectivity index (χ2n) is 9.90. The second-order valence-corrected chi connectivity index (χ2v) is 9.90. The third-order valence-corrected chi connectivity index (χ3v) is 7.22. The van der Waals surface area contributed by atoms with Crippen LogP contribution in [0.25, 0.3) is 0 Å². The third-order valence-electron chi connectivity index (χ3n) is 7.22. The largest absolute Gasteiger partial charge is 0.348 e. The van der Waals surface area contributed by atoms with Crippen molar-refractivity contribution in [3.8, 4) is 0 Å². The van der Waals surface area contributed by atoms with Gasteiger partial charge < -0.3 is 20.0 Å². The van der Waals surface area contributed by atoms with Gasteiger partial charge in [-0.3, -0.25) is 9.59 Å². The maximum Gasteiger partial charge on any atom is 0.317 e. The molecule has 1 spiro atoms. The third kappa shape index (κ3) is 4.49. The molecule has 1 N–H and O–H groups in total. The lowest BCUT2D eigenvalue weighted by Crippen LogP contribution is -2.67. The number of rotatable bonds is 4. The van der Waals surface area contributed by atoms with Crippen molar-refractivity contribution in [2.45, 2.75) is 50.7 Å². The molecule has 4 rings (SSSR count). The number of nitrogens with zero attached hydrogens (tertiary/aromatic N) is 3. The van der Waals surface area contributed by atoms with E-state index in [1.165, 1.54) is 12.1 Å². The zero-order valence-electron chi connectivity index (χ0n) is 20.8. The zero-order valence-corrected chi connectivity index (χ0v) is 20.8. The van der Waals surface area contributed by atoms with Crippen LogP contribution in [0.3, 0.4) is 0 Å². The Hall–Kier alpha value is -3.42. The highest BCUT2D eigenvalue weighted by atomic mass is 19.1. The van der Waals surface area contributed by atoms with E-state index in [0.29, 0.717) is 38.0 Å². The quantitative estimate of drug-likeness (QED) is 0.727. The molecule has 4 amide bonds. The average molecular weight is 481 g/mol. The Morgan fingerprint density at radius 2 is 1.71 bits per heavy atom. The van der Waals surface area contributed by atoms with Crippen molar-refractivity contribution < 1.29 is 18.8 Å². The molecule has 2 aromatic rings. The lowest BCUT2D eigenvalue weighted by molar-refractivity contribution is -0.136. The van der Waals surface area contributed by atoms with Crippen LogP contribution in [0, 0.1) is 5.82 Å². The molecule has 186 valence electrons. The lowest BCUT2D eigenvalue weighted by Gasteiger charge is -2.56. The fourth-order valence-electron chi connectivity index (χ4n) is 5.59. The van der Waals surface area contributed by atoms with Gasteiger partial charge in [-0.15, -0.1) is 0 Å². The van der Waals surface area contributed by atoms with E-state index in [1.807, 2.05) is 36.9 Å². The number of benzene rings is 2. The van der Waals surface area contributed by atoms with Gasteiger partial charge in [0.15, 0.2) is 0 Å². The van der Waals surface area contributed by atoms with Gasteiger partial charge in [-0.25, -0.2) is 9.18 Å². The Balaban J connectivity index is 1.59. The van der Waals surface area contributed by atoms with Gasteiger partial charge in [0.1, 0.15) is 5.82 Å². The van der Waals surface area contributed by atoms with Crippen molar-refractivity contribution in [1.29, 1.82) is 0 Å². The molecule has 0 aliphatic carbocycles. The van der Waals surface area contributed by atoms with Crippen LogP contribution in [0.1, 0.15) is 54.1 Å².